The lowest BCUT2D eigenvalue weighted by Crippen LogP contribution is -2.68. The minimum absolute atomic E-state index is 0.155. The number of hydrogen-bond acceptors (Lipinski definition) is 5. The van der Waals surface area contributed by atoms with Gasteiger partial charge in [-0.15, -0.1) is 0 Å². The standard InChI is InChI=1S/C30H46O5Si/c1-6-8-9-10-13-18-24(23-27(31)28(32)29(33)34-7-2)35-36(30(3,4)5,25-19-14-11-15-20-25)26-21-16-12-17-22-26/h11-12,14-17,19-22,24,27-28,31-32H,6-10,13,18,23H2,1-5H3/t24-,27+,28+/m1/s1. The molecular weight excluding hydrogens is 468 g/mol. The second kappa shape index (κ2) is 14.7. The summed E-state index contributed by atoms with van der Waals surface area (Å²) in [5.41, 5.74) is 0. The average Bonchev–Trinajstić information content (AvgIpc) is 2.86. The van der Waals surface area contributed by atoms with Crippen LogP contribution in [0.1, 0.15) is 79.6 Å². The molecule has 0 aliphatic heterocycles. The summed E-state index contributed by atoms with van der Waals surface area (Å²) in [5, 5.41) is 23.4. The zero-order chi connectivity index (χ0) is 26.6. The molecule has 0 heterocycles. The molecule has 0 unspecified atom stereocenters. The number of rotatable bonds is 15. The molecule has 0 aromatic heterocycles. The lowest BCUT2D eigenvalue weighted by molar-refractivity contribution is -0.160. The highest BCUT2D eigenvalue weighted by Crippen LogP contribution is 2.38. The van der Waals surface area contributed by atoms with Gasteiger partial charge in [0.1, 0.15) is 0 Å². The van der Waals surface area contributed by atoms with Gasteiger partial charge in [-0.3, -0.25) is 0 Å². The molecular formula is C30H46O5Si. The van der Waals surface area contributed by atoms with Crippen LogP contribution in [0.2, 0.25) is 5.04 Å². The predicted molar refractivity (Wildman–Crippen MR) is 149 cm³/mol. The monoisotopic (exact) mass is 514 g/mol. The van der Waals surface area contributed by atoms with Crippen molar-refractivity contribution in [3.8, 4) is 0 Å². The maximum atomic E-state index is 12.1. The van der Waals surface area contributed by atoms with Gasteiger partial charge < -0.3 is 19.4 Å². The van der Waals surface area contributed by atoms with Crippen LogP contribution in [0.25, 0.3) is 0 Å². The summed E-state index contributed by atoms with van der Waals surface area (Å²) in [6, 6.07) is 20.8. The number of unbranched alkanes of at least 4 members (excludes halogenated alkanes) is 4. The largest absolute Gasteiger partial charge is 0.464 e. The van der Waals surface area contributed by atoms with E-state index in [4.69, 9.17) is 9.16 Å². The lowest BCUT2D eigenvalue weighted by atomic mass is 10.0. The highest BCUT2D eigenvalue weighted by molar-refractivity contribution is 6.99. The number of hydrogen-bond donors (Lipinski definition) is 2. The van der Waals surface area contributed by atoms with E-state index in [0.29, 0.717) is 0 Å². The SMILES string of the molecule is CCCCCCC[C@H](C[C@H](O)[C@H](O)C(=O)OCC)O[Si](c1ccccc1)(c1ccccc1)C(C)(C)C. The van der Waals surface area contributed by atoms with Crippen LogP contribution in [-0.2, 0) is 14.0 Å². The zero-order valence-corrected chi connectivity index (χ0v) is 23.8. The van der Waals surface area contributed by atoms with E-state index in [1.165, 1.54) is 23.2 Å². The molecule has 0 fully saturated rings. The van der Waals surface area contributed by atoms with Crippen molar-refractivity contribution in [3.05, 3.63) is 60.7 Å². The fraction of sp³-hybridized carbons (Fsp3) is 0.567. The van der Waals surface area contributed by atoms with E-state index in [0.717, 1.165) is 25.7 Å². The number of carbonyl (C=O) groups excluding carboxylic acids is 1. The molecule has 0 aliphatic rings. The summed E-state index contributed by atoms with van der Waals surface area (Å²) < 4.78 is 12.2. The van der Waals surface area contributed by atoms with E-state index in [1.807, 2.05) is 36.4 Å². The highest BCUT2D eigenvalue weighted by Gasteiger charge is 2.51. The quantitative estimate of drug-likeness (QED) is 0.199. The molecule has 200 valence electrons. The topological polar surface area (TPSA) is 76.0 Å². The predicted octanol–water partition coefficient (Wildman–Crippen LogP) is 4.97. The zero-order valence-electron chi connectivity index (χ0n) is 22.8. The van der Waals surface area contributed by atoms with Crippen molar-refractivity contribution in [2.45, 2.75) is 103 Å². The van der Waals surface area contributed by atoms with Crippen molar-refractivity contribution in [2.24, 2.45) is 0 Å². The van der Waals surface area contributed by atoms with Gasteiger partial charge in [0.05, 0.1) is 12.7 Å². The number of ether oxygens (including phenoxy) is 1. The van der Waals surface area contributed by atoms with Gasteiger partial charge in [-0.05, 0) is 28.8 Å². The Balaban J connectivity index is 2.46. The summed E-state index contributed by atoms with van der Waals surface area (Å²) in [5.74, 6) is -0.794. The summed E-state index contributed by atoms with van der Waals surface area (Å²) in [6.45, 7) is 10.7. The number of carbonyl (C=O) groups is 1. The molecule has 5 nitrogen and oxygen atoms in total. The van der Waals surface area contributed by atoms with Crippen molar-refractivity contribution in [2.75, 3.05) is 6.61 Å². The summed E-state index contributed by atoms with van der Waals surface area (Å²) in [7, 11) is -2.84. The minimum atomic E-state index is -2.84. The van der Waals surface area contributed by atoms with Crippen LogP contribution >= 0.6 is 0 Å². The lowest BCUT2D eigenvalue weighted by Gasteiger charge is -2.45. The Morgan fingerprint density at radius 3 is 1.86 bits per heavy atom. The molecule has 0 radical (unpaired) electrons. The van der Waals surface area contributed by atoms with Gasteiger partial charge >= 0.3 is 5.97 Å². The highest BCUT2D eigenvalue weighted by atomic mass is 28.4. The number of esters is 1. The van der Waals surface area contributed by atoms with Gasteiger partial charge in [-0.2, -0.15) is 0 Å². The second-order valence-electron chi connectivity index (χ2n) is 10.6. The molecule has 0 saturated heterocycles. The molecule has 0 amide bonds. The Morgan fingerprint density at radius 1 is 0.861 bits per heavy atom. The van der Waals surface area contributed by atoms with Crippen LogP contribution in [0, 0.1) is 0 Å². The smallest absolute Gasteiger partial charge is 0.337 e. The molecule has 0 bridgehead atoms. The molecule has 2 aromatic rings. The van der Waals surface area contributed by atoms with Gasteiger partial charge in [-0.1, -0.05) is 120 Å². The van der Waals surface area contributed by atoms with E-state index in [-0.39, 0.29) is 24.2 Å². The molecule has 3 atom stereocenters. The van der Waals surface area contributed by atoms with E-state index >= 15 is 0 Å². The van der Waals surface area contributed by atoms with Crippen molar-refractivity contribution in [3.63, 3.8) is 0 Å². The Bertz CT molecular complexity index is 842. The first-order valence-corrected chi connectivity index (χ1v) is 15.4. The van der Waals surface area contributed by atoms with Crippen molar-refractivity contribution in [1.82, 2.24) is 0 Å². The third kappa shape index (κ3) is 8.00. The minimum Gasteiger partial charge on any atom is -0.464 e. The Hall–Kier alpha value is -1.99. The van der Waals surface area contributed by atoms with Crippen LogP contribution in [-0.4, -0.2) is 49.4 Å². The molecule has 0 saturated carbocycles. The van der Waals surface area contributed by atoms with Gasteiger partial charge in [0.2, 0.25) is 0 Å². The molecule has 36 heavy (non-hydrogen) atoms. The van der Waals surface area contributed by atoms with Crippen molar-refractivity contribution >= 4 is 24.7 Å². The van der Waals surface area contributed by atoms with Gasteiger partial charge in [-0.25, -0.2) is 4.79 Å². The average molecular weight is 515 g/mol. The van der Waals surface area contributed by atoms with Crippen molar-refractivity contribution in [1.29, 1.82) is 0 Å². The first-order valence-electron chi connectivity index (χ1n) is 13.5. The normalized spacial score (nSPS) is 14.8. The molecule has 2 aromatic carbocycles. The van der Waals surface area contributed by atoms with E-state index in [1.54, 1.807) is 6.92 Å². The first kappa shape index (κ1) is 30.2. The fourth-order valence-electron chi connectivity index (χ4n) is 4.92. The van der Waals surface area contributed by atoms with Crippen LogP contribution in [0.4, 0.5) is 0 Å². The van der Waals surface area contributed by atoms with Crippen LogP contribution in [0.5, 0.6) is 0 Å². The maximum Gasteiger partial charge on any atom is 0.337 e. The maximum absolute atomic E-state index is 12.1. The van der Waals surface area contributed by atoms with E-state index < -0.39 is 26.5 Å². The Labute approximate surface area is 219 Å². The third-order valence-electron chi connectivity index (χ3n) is 6.79. The molecule has 6 heteroatoms. The van der Waals surface area contributed by atoms with Crippen LogP contribution in [0.15, 0.2) is 60.7 Å². The summed E-state index contributed by atoms with van der Waals surface area (Å²) in [6.07, 6.45) is 3.33. The summed E-state index contributed by atoms with van der Waals surface area (Å²) in [4.78, 5) is 12.1. The molecule has 2 N–H and O–H groups in total. The van der Waals surface area contributed by atoms with E-state index in [9.17, 15) is 15.0 Å². The second-order valence-corrected chi connectivity index (χ2v) is 14.9. The molecule has 0 aliphatic carbocycles. The van der Waals surface area contributed by atoms with Gasteiger partial charge in [0, 0.05) is 12.5 Å². The fourth-order valence-corrected chi connectivity index (χ4v) is 9.65. The van der Waals surface area contributed by atoms with Crippen molar-refractivity contribution < 1.29 is 24.2 Å². The Morgan fingerprint density at radius 2 is 1.39 bits per heavy atom. The van der Waals surface area contributed by atoms with Crippen LogP contribution < -0.4 is 10.4 Å². The molecule has 2 rings (SSSR count). The third-order valence-corrected chi connectivity index (χ3v) is 11.9. The number of benzene rings is 2. The van der Waals surface area contributed by atoms with Crippen LogP contribution in [0.3, 0.4) is 0 Å². The molecule has 0 spiro atoms. The van der Waals surface area contributed by atoms with Gasteiger partial charge in [0.25, 0.3) is 8.32 Å². The Kier molecular flexibility index (Phi) is 12.3. The van der Waals surface area contributed by atoms with E-state index in [2.05, 4.69) is 52.0 Å². The number of aliphatic hydroxyl groups is 2. The first-order chi connectivity index (χ1) is 17.2. The summed E-state index contributed by atoms with van der Waals surface area (Å²) >= 11 is 0. The number of aliphatic hydroxyl groups excluding tert-OH is 2. The van der Waals surface area contributed by atoms with Gasteiger partial charge in [0.15, 0.2) is 6.10 Å².